The second kappa shape index (κ2) is 7.40. The van der Waals surface area contributed by atoms with Gasteiger partial charge in [-0.05, 0) is 12.1 Å². The van der Waals surface area contributed by atoms with Gasteiger partial charge in [0.2, 0.25) is 11.9 Å². The number of amides is 1. The number of carbonyl (C=O) groups is 1. The minimum absolute atomic E-state index is 0.0616. The van der Waals surface area contributed by atoms with Crippen LogP contribution in [0.1, 0.15) is 16.4 Å². The first kappa shape index (κ1) is 18.3. The second-order valence-corrected chi connectivity index (χ2v) is 6.29. The summed E-state index contributed by atoms with van der Waals surface area (Å²) < 4.78 is 5.54. The first-order chi connectivity index (χ1) is 12.8. The molecule has 0 fully saturated rings. The van der Waals surface area contributed by atoms with Gasteiger partial charge in [-0.1, -0.05) is 12.1 Å². The third-order valence-electron chi connectivity index (χ3n) is 3.72. The van der Waals surface area contributed by atoms with E-state index in [0.29, 0.717) is 28.7 Å². The van der Waals surface area contributed by atoms with E-state index >= 15 is 0 Å². The van der Waals surface area contributed by atoms with E-state index in [2.05, 4.69) is 20.3 Å². The van der Waals surface area contributed by atoms with Crippen LogP contribution in [0.3, 0.4) is 0 Å². The van der Waals surface area contributed by atoms with Crippen molar-refractivity contribution in [1.29, 1.82) is 0 Å². The zero-order chi connectivity index (χ0) is 19.6. The number of hydrogen-bond acceptors (Lipinski definition) is 8. The molecule has 2 heterocycles. The number of rotatable bonds is 5. The molecule has 1 aromatic carbocycles. The van der Waals surface area contributed by atoms with E-state index in [-0.39, 0.29) is 17.7 Å². The summed E-state index contributed by atoms with van der Waals surface area (Å²) in [4.78, 5) is 41.0. The molecule has 0 saturated carbocycles. The molecule has 0 aliphatic heterocycles. The van der Waals surface area contributed by atoms with Crippen LogP contribution in [0, 0.1) is 0 Å². The molecular formula is C18H20N6O3. The van der Waals surface area contributed by atoms with E-state index in [1.807, 2.05) is 28.2 Å². The molecule has 1 N–H and O–H groups in total. The summed E-state index contributed by atoms with van der Waals surface area (Å²) >= 11 is 0. The maximum Gasteiger partial charge on any atom is 0.287 e. The summed E-state index contributed by atoms with van der Waals surface area (Å²) in [5.41, 5.74) is 0.0899. The number of carbonyl (C=O) groups excluding carboxylic acids is 1. The lowest BCUT2D eigenvalue weighted by molar-refractivity contribution is 0.0922. The highest BCUT2D eigenvalue weighted by Gasteiger charge is 2.14. The Labute approximate surface area is 155 Å². The average molecular weight is 368 g/mol. The molecule has 0 atom stereocenters. The van der Waals surface area contributed by atoms with Crippen molar-refractivity contribution in [3.63, 3.8) is 0 Å². The van der Waals surface area contributed by atoms with E-state index in [0.717, 1.165) is 0 Å². The lowest BCUT2D eigenvalue weighted by atomic mass is 10.2. The van der Waals surface area contributed by atoms with Crippen LogP contribution in [-0.2, 0) is 6.54 Å². The monoisotopic (exact) mass is 368 g/mol. The largest absolute Gasteiger partial charge is 0.451 e. The smallest absolute Gasteiger partial charge is 0.287 e. The molecule has 0 radical (unpaired) electrons. The third kappa shape index (κ3) is 4.02. The predicted molar refractivity (Wildman–Crippen MR) is 102 cm³/mol. The first-order valence-corrected chi connectivity index (χ1v) is 8.26. The highest BCUT2D eigenvalue weighted by molar-refractivity contribution is 5.93. The minimum Gasteiger partial charge on any atom is -0.451 e. The molecule has 9 nitrogen and oxygen atoms in total. The quantitative estimate of drug-likeness (QED) is 0.712. The molecule has 3 rings (SSSR count). The number of nitrogens with zero attached hydrogens (tertiary/aromatic N) is 5. The molecule has 0 spiro atoms. The van der Waals surface area contributed by atoms with Crippen LogP contribution in [0.15, 0.2) is 39.5 Å². The van der Waals surface area contributed by atoms with Crippen molar-refractivity contribution in [3.05, 3.63) is 52.1 Å². The number of anilines is 2. The van der Waals surface area contributed by atoms with Crippen LogP contribution in [0.5, 0.6) is 0 Å². The Morgan fingerprint density at radius 1 is 1.04 bits per heavy atom. The van der Waals surface area contributed by atoms with Gasteiger partial charge in [0.05, 0.1) is 11.9 Å². The Morgan fingerprint density at radius 2 is 1.67 bits per heavy atom. The van der Waals surface area contributed by atoms with Crippen molar-refractivity contribution < 1.29 is 9.21 Å². The van der Waals surface area contributed by atoms with Crippen molar-refractivity contribution in [1.82, 2.24) is 20.3 Å². The zero-order valence-corrected chi connectivity index (χ0v) is 15.6. The molecule has 0 aliphatic carbocycles. The van der Waals surface area contributed by atoms with E-state index < -0.39 is 5.91 Å². The SMILES string of the molecule is CN(C)c1nc(CNC(=O)c2cc(=O)c3ccccc3o2)nc(N(C)C)n1. The second-order valence-electron chi connectivity index (χ2n) is 6.29. The fourth-order valence-electron chi connectivity index (χ4n) is 2.34. The van der Waals surface area contributed by atoms with Crippen molar-refractivity contribution in [2.75, 3.05) is 38.0 Å². The maximum absolute atomic E-state index is 12.4. The van der Waals surface area contributed by atoms with Gasteiger partial charge in [-0.3, -0.25) is 9.59 Å². The molecule has 9 heteroatoms. The summed E-state index contributed by atoms with van der Waals surface area (Å²) in [5.74, 6) is 0.781. The zero-order valence-electron chi connectivity index (χ0n) is 15.6. The molecule has 27 heavy (non-hydrogen) atoms. The van der Waals surface area contributed by atoms with Crippen LogP contribution < -0.4 is 20.5 Å². The van der Waals surface area contributed by atoms with Gasteiger partial charge >= 0.3 is 0 Å². The van der Waals surface area contributed by atoms with Gasteiger partial charge < -0.3 is 19.5 Å². The molecule has 2 aromatic heterocycles. The molecule has 0 saturated heterocycles. The molecule has 140 valence electrons. The van der Waals surface area contributed by atoms with E-state index in [1.165, 1.54) is 6.07 Å². The normalized spacial score (nSPS) is 10.7. The molecule has 0 bridgehead atoms. The van der Waals surface area contributed by atoms with Crippen LogP contribution in [0.4, 0.5) is 11.9 Å². The average Bonchev–Trinajstić information content (AvgIpc) is 2.65. The Bertz CT molecular complexity index is 1020. The Balaban J connectivity index is 1.82. The highest BCUT2D eigenvalue weighted by atomic mass is 16.3. The van der Waals surface area contributed by atoms with Gasteiger partial charge in [-0.25, -0.2) is 0 Å². The van der Waals surface area contributed by atoms with E-state index in [4.69, 9.17) is 4.42 Å². The number of nitrogens with one attached hydrogen (secondary N) is 1. The number of benzene rings is 1. The van der Waals surface area contributed by atoms with Crippen molar-refractivity contribution >= 4 is 28.8 Å². The van der Waals surface area contributed by atoms with Gasteiger partial charge in [-0.2, -0.15) is 15.0 Å². The topological polar surface area (TPSA) is 104 Å². The van der Waals surface area contributed by atoms with Gasteiger partial charge in [0.25, 0.3) is 5.91 Å². The fraction of sp³-hybridized carbons (Fsp3) is 0.278. The number of aromatic nitrogens is 3. The number of para-hydroxylation sites is 1. The number of fused-ring (bicyclic) bond motifs is 1. The van der Waals surface area contributed by atoms with Crippen molar-refractivity contribution in [2.45, 2.75) is 6.54 Å². The Morgan fingerprint density at radius 3 is 2.30 bits per heavy atom. The summed E-state index contributed by atoms with van der Waals surface area (Å²) in [6.07, 6.45) is 0. The van der Waals surface area contributed by atoms with E-state index in [1.54, 1.807) is 34.1 Å². The molecular weight excluding hydrogens is 348 g/mol. The fourth-order valence-corrected chi connectivity index (χ4v) is 2.34. The maximum atomic E-state index is 12.4. The molecule has 1 amide bonds. The van der Waals surface area contributed by atoms with Crippen LogP contribution >= 0.6 is 0 Å². The molecule has 0 aliphatic rings. The lowest BCUT2D eigenvalue weighted by Crippen LogP contribution is -2.27. The lowest BCUT2D eigenvalue weighted by Gasteiger charge is -2.16. The van der Waals surface area contributed by atoms with Gasteiger partial charge in [-0.15, -0.1) is 0 Å². The molecule has 3 aromatic rings. The summed E-state index contributed by atoms with van der Waals surface area (Å²) in [6, 6.07) is 7.96. The third-order valence-corrected chi connectivity index (χ3v) is 3.72. The summed E-state index contributed by atoms with van der Waals surface area (Å²) in [7, 11) is 7.28. The standard InChI is InChI=1S/C18H20N6O3/c1-23(2)17-20-15(21-18(22-17)24(3)4)10-19-16(26)14-9-12(25)11-7-5-6-8-13(11)27-14/h5-9H,10H2,1-4H3,(H,19,26). The van der Waals surface area contributed by atoms with Crippen LogP contribution in [-0.4, -0.2) is 49.0 Å². The van der Waals surface area contributed by atoms with Crippen molar-refractivity contribution in [3.8, 4) is 0 Å². The van der Waals surface area contributed by atoms with Crippen LogP contribution in [0.2, 0.25) is 0 Å². The summed E-state index contributed by atoms with van der Waals surface area (Å²) in [6.45, 7) is 0.0690. The minimum atomic E-state index is -0.518. The Hall–Kier alpha value is -3.49. The van der Waals surface area contributed by atoms with Crippen LogP contribution in [0.25, 0.3) is 11.0 Å². The van der Waals surface area contributed by atoms with Gasteiger partial charge in [0.15, 0.2) is 17.0 Å². The Kier molecular flexibility index (Phi) is 5.02. The van der Waals surface area contributed by atoms with E-state index in [9.17, 15) is 9.59 Å². The highest BCUT2D eigenvalue weighted by Crippen LogP contribution is 2.13. The number of hydrogen-bond donors (Lipinski definition) is 1. The first-order valence-electron chi connectivity index (χ1n) is 8.26. The van der Waals surface area contributed by atoms with Crippen molar-refractivity contribution in [2.24, 2.45) is 0 Å². The summed E-state index contributed by atoms with van der Waals surface area (Å²) in [5, 5.41) is 3.11. The van der Waals surface area contributed by atoms with Gasteiger partial charge in [0, 0.05) is 34.3 Å². The van der Waals surface area contributed by atoms with Gasteiger partial charge in [0.1, 0.15) is 5.58 Å². The molecule has 0 unspecified atom stereocenters. The predicted octanol–water partition coefficient (Wildman–Crippen LogP) is 1.04.